The standard InChI is InChI=1S/C18H15F3N4O2S/c1-22-28(26,27)13-7-8-15-14(9-13)17-16(10-24(2)23-17)25(15)12-5-3-11(4-6-12)18(19,20)21/h3-10,22H,1-2H3. The molecule has 10 heteroatoms. The molecule has 2 aromatic heterocycles. The molecule has 6 nitrogen and oxygen atoms in total. The number of sulfonamides is 1. The minimum Gasteiger partial charge on any atom is -0.306 e. The number of hydrogen-bond donors (Lipinski definition) is 1. The number of aryl methyl sites for hydroxylation is 1. The molecule has 0 bridgehead atoms. The summed E-state index contributed by atoms with van der Waals surface area (Å²) in [6.07, 6.45) is -2.68. The van der Waals surface area contributed by atoms with Gasteiger partial charge in [-0.2, -0.15) is 18.3 Å². The van der Waals surface area contributed by atoms with Gasteiger partial charge >= 0.3 is 6.18 Å². The van der Waals surface area contributed by atoms with Crippen LogP contribution in [-0.4, -0.2) is 29.8 Å². The van der Waals surface area contributed by atoms with Gasteiger partial charge in [0, 0.05) is 24.3 Å². The van der Waals surface area contributed by atoms with E-state index in [-0.39, 0.29) is 4.90 Å². The Labute approximate surface area is 158 Å². The van der Waals surface area contributed by atoms with Crippen LogP contribution in [0.3, 0.4) is 0 Å². The Morgan fingerprint density at radius 2 is 1.71 bits per heavy atom. The fourth-order valence-corrected chi connectivity index (χ4v) is 3.98. The largest absolute Gasteiger partial charge is 0.416 e. The van der Waals surface area contributed by atoms with Crippen LogP contribution in [0.2, 0.25) is 0 Å². The predicted octanol–water partition coefficient (Wildman–Crippen LogP) is 3.44. The van der Waals surface area contributed by atoms with Gasteiger partial charge in [-0.1, -0.05) is 0 Å². The Morgan fingerprint density at radius 1 is 1.04 bits per heavy atom. The number of aromatic nitrogens is 3. The Hall–Kier alpha value is -2.85. The lowest BCUT2D eigenvalue weighted by atomic mass is 10.2. The first-order valence-corrected chi connectivity index (χ1v) is 9.69. The van der Waals surface area contributed by atoms with Crippen LogP contribution in [0.15, 0.2) is 53.6 Å². The highest BCUT2D eigenvalue weighted by molar-refractivity contribution is 7.89. The molecule has 0 fully saturated rings. The van der Waals surface area contributed by atoms with Gasteiger partial charge < -0.3 is 4.57 Å². The number of halogens is 3. The second-order valence-electron chi connectivity index (χ2n) is 6.30. The third-order valence-corrected chi connectivity index (χ3v) is 5.96. The molecule has 0 spiro atoms. The normalized spacial score (nSPS) is 12.9. The zero-order valence-electron chi connectivity index (χ0n) is 14.8. The number of hydrogen-bond acceptors (Lipinski definition) is 3. The van der Waals surface area contributed by atoms with E-state index in [2.05, 4.69) is 9.82 Å². The van der Waals surface area contributed by atoms with Crippen LogP contribution >= 0.6 is 0 Å². The minimum absolute atomic E-state index is 0.0830. The van der Waals surface area contributed by atoms with E-state index >= 15 is 0 Å². The Balaban J connectivity index is 2.00. The van der Waals surface area contributed by atoms with E-state index in [0.717, 1.165) is 12.1 Å². The molecule has 0 aliphatic carbocycles. The molecule has 0 saturated heterocycles. The second-order valence-corrected chi connectivity index (χ2v) is 8.19. The fourth-order valence-electron chi connectivity index (χ4n) is 3.22. The molecule has 0 atom stereocenters. The van der Waals surface area contributed by atoms with Gasteiger partial charge in [0.15, 0.2) is 0 Å². The van der Waals surface area contributed by atoms with Crippen LogP contribution in [0.4, 0.5) is 13.2 Å². The van der Waals surface area contributed by atoms with Crippen molar-refractivity contribution in [2.24, 2.45) is 7.05 Å². The van der Waals surface area contributed by atoms with E-state index in [1.807, 2.05) is 0 Å². The second kappa shape index (κ2) is 6.08. The zero-order chi connectivity index (χ0) is 20.3. The molecule has 2 aromatic carbocycles. The van der Waals surface area contributed by atoms with Crippen molar-refractivity contribution in [3.8, 4) is 5.69 Å². The quantitative estimate of drug-likeness (QED) is 0.565. The molecule has 4 aromatic rings. The summed E-state index contributed by atoms with van der Waals surface area (Å²) in [5, 5.41) is 4.98. The first kappa shape index (κ1) is 18.5. The minimum atomic E-state index is -4.42. The number of nitrogens with one attached hydrogen (secondary N) is 1. The summed E-state index contributed by atoms with van der Waals surface area (Å²) in [5.41, 5.74) is 1.65. The van der Waals surface area contributed by atoms with Gasteiger partial charge in [-0.3, -0.25) is 4.68 Å². The van der Waals surface area contributed by atoms with Crippen molar-refractivity contribution in [2.75, 3.05) is 7.05 Å². The van der Waals surface area contributed by atoms with E-state index in [1.54, 1.807) is 28.6 Å². The average Bonchev–Trinajstić information content (AvgIpc) is 3.15. The van der Waals surface area contributed by atoms with Crippen LogP contribution in [0.5, 0.6) is 0 Å². The van der Waals surface area contributed by atoms with E-state index in [9.17, 15) is 21.6 Å². The third-order valence-electron chi connectivity index (χ3n) is 4.55. The lowest BCUT2D eigenvalue weighted by Crippen LogP contribution is -2.18. The van der Waals surface area contributed by atoms with Crippen molar-refractivity contribution >= 4 is 32.0 Å². The summed E-state index contributed by atoms with van der Waals surface area (Å²) >= 11 is 0. The number of alkyl halides is 3. The van der Waals surface area contributed by atoms with Crippen LogP contribution in [-0.2, 0) is 23.2 Å². The highest BCUT2D eigenvalue weighted by atomic mass is 32.2. The third kappa shape index (κ3) is 2.85. The monoisotopic (exact) mass is 408 g/mol. The van der Waals surface area contributed by atoms with Crippen molar-refractivity contribution in [1.82, 2.24) is 19.1 Å². The van der Waals surface area contributed by atoms with E-state index in [1.165, 1.54) is 31.3 Å². The van der Waals surface area contributed by atoms with Crippen molar-refractivity contribution in [2.45, 2.75) is 11.1 Å². The molecule has 0 saturated carbocycles. The Kier molecular flexibility index (Phi) is 4.02. The molecule has 1 N–H and O–H groups in total. The zero-order valence-corrected chi connectivity index (χ0v) is 15.6. The molecule has 0 radical (unpaired) electrons. The summed E-state index contributed by atoms with van der Waals surface area (Å²) < 4.78 is 68.5. The van der Waals surface area contributed by atoms with Gasteiger partial charge in [-0.15, -0.1) is 0 Å². The maximum Gasteiger partial charge on any atom is 0.416 e. The van der Waals surface area contributed by atoms with Crippen LogP contribution in [0.1, 0.15) is 5.56 Å². The van der Waals surface area contributed by atoms with Crippen molar-refractivity contribution < 1.29 is 21.6 Å². The number of rotatable bonds is 3. The van der Waals surface area contributed by atoms with Crippen molar-refractivity contribution in [1.29, 1.82) is 0 Å². The van der Waals surface area contributed by atoms with Gasteiger partial charge in [0.25, 0.3) is 0 Å². The summed E-state index contributed by atoms with van der Waals surface area (Å²) in [4.78, 5) is 0.0830. The number of nitrogens with zero attached hydrogens (tertiary/aromatic N) is 3. The molecule has 2 heterocycles. The smallest absolute Gasteiger partial charge is 0.306 e. The molecule has 28 heavy (non-hydrogen) atoms. The topological polar surface area (TPSA) is 68.9 Å². The molecule has 146 valence electrons. The van der Waals surface area contributed by atoms with E-state index in [0.29, 0.717) is 27.6 Å². The summed E-state index contributed by atoms with van der Waals surface area (Å²) in [6, 6.07) is 9.38. The molecule has 0 aliphatic heterocycles. The van der Waals surface area contributed by atoms with Crippen LogP contribution < -0.4 is 4.72 Å². The van der Waals surface area contributed by atoms with Gasteiger partial charge in [0.05, 0.1) is 21.5 Å². The molecule has 0 aliphatic rings. The summed E-state index contributed by atoms with van der Waals surface area (Å²) in [7, 11) is -0.606. The van der Waals surface area contributed by atoms with E-state index in [4.69, 9.17) is 0 Å². The summed E-state index contributed by atoms with van der Waals surface area (Å²) in [6.45, 7) is 0. The summed E-state index contributed by atoms with van der Waals surface area (Å²) in [5.74, 6) is 0. The number of benzene rings is 2. The molecular weight excluding hydrogens is 393 g/mol. The predicted molar refractivity (Wildman–Crippen MR) is 98.8 cm³/mol. The molecular formula is C18H15F3N4O2S. The maximum absolute atomic E-state index is 12.9. The van der Waals surface area contributed by atoms with Gasteiger partial charge in [0.2, 0.25) is 10.0 Å². The maximum atomic E-state index is 12.9. The van der Waals surface area contributed by atoms with Crippen molar-refractivity contribution in [3.05, 3.63) is 54.2 Å². The van der Waals surface area contributed by atoms with Gasteiger partial charge in [-0.25, -0.2) is 13.1 Å². The number of fused-ring (bicyclic) bond motifs is 3. The molecule has 4 rings (SSSR count). The highest BCUT2D eigenvalue weighted by Gasteiger charge is 2.30. The van der Waals surface area contributed by atoms with Crippen LogP contribution in [0.25, 0.3) is 27.6 Å². The lowest BCUT2D eigenvalue weighted by Gasteiger charge is -2.10. The van der Waals surface area contributed by atoms with Crippen LogP contribution in [0, 0.1) is 0 Å². The molecule has 0 unspecified atom stereocenters. The first-order valence-electron chi connectivity index (χ1n) is 8.21. The lowest BCUT2D eigenvalue weighted by molar-refractivity contribution is -0.137. The Bertz CT molecular complexity index is 1300. The fraction of sp³-hybridized carbons (Fsp3) is 0.167. The molecule has 0 amide bonds. The highest BCUT2D eigenvalue weighted by Crippen LogP contribution is 2.34. The van der Waals surface area contributed by atoms with E-state index < -0.39 is 21.8 Å². The SMILES string of the molecule is CNS(=O)(=O)c1ccc2c(c1)c1nn(C)cc1n2-c1ccc(C(F)(F)F)cc1. The first-order chi connectivity index (χ1) is 13.1. The van der Waals surface area contributed by atoms with Crippen molar-refractivity contribution in [3.63, 3.8) is 0 Å². The van der Waals surface area contributed by atoms with Gasteiger partial charge in [-0.05, 0) is 49.5 Å². The van der Waals surface area contributed by atoms with Gasteiger partial charge in [0.1, 0.15) is 5.52 Å². The average molecular weight is 408 g/mol. The Morgan fingerprint density at radius 3 is 2.32 bits per heavy atom.